The Hall–Kier alpha value is -0.950. The van der Waals surface area contributed by atoms with Gasteiger partial charge in [0.1, 0.15) is 0 Å². The van der Waals surface area contributed by atoms with Crippen LogP contribution in [0.5, 0.6) is 0 Å². The number of hydrogen-bond acceptors (Lipinski definition) is 5. The first kappa shape index (κ1) is 11.1. The maximum absolute atomic E-state index is 10.8. The Morgan fingerprint density at radius 2 is 2.36 bits per heavy atom. The smallest absolute Gasteiger partial charge is 0.336 e. The van der Waals surface area contributed by atoms with Gasteiger partial charge in [0, 0.05) is 4.88 Å². The number of hydrogen-bond donors (Lipinski definition) is 3. The molecule has 1 heterocycles. The minimum absolute atomic E-state index is 0.101. The lowest BCUT2D eigenvalue weighted by Crippen LogP contribution is -2.20. The summed E-state index contributed by atoms with van der Waals surface area (Å²) in [7, 11) is 1.35. The molecule has 0 aliphatic rings. The number of hydroxylamine groups is 1. The molecule has 0 bridgehead atoms. The van der Waals surface area contributed by atoms with Gasteiger partial charge in [-0.1, -0.05) is 0 Å². The Morgan fingerprint density at radius 3 is 2.86 bits per heavy atom. The molecule has 0 amide bonds. The average molecular weight is 217 g/mol. The molecule has 1 atom stereocenters. The molecule has 1 unspecified atom stereocenters. The van der Waals surface area contributed by atoms with Crippen molar-refractivity contribution in [2.24, 2.45) is 0 Å². The molecule has 0 saturated heterocycles. The fourth-order valence-electron chi connectivity index (χ4n) is 1.07. The van der Waals surface area contributed by atoms with E-state index in [2.05, 4.69) is 10.3 Å². The molecule has 0 radical (unpaired) electrons. The van der Waals surface area contributed by atoms with Gasteiger partial charge in [0.15, 0.2) is 6.23 Å². The summed E-state index contributed by atoms with van der Waals surface area (Å²) in [6.07, 6.45) is -1.11. The van der Waals surface area contributed by atoms with Crippen LogP contribution < -0.4 is 5.48 Å². The Morgan fingerprint density at radius 1 is 1.71 bits per heavy atom. The summed E-state index contributed by atoms with van der Waals surface area (Å²) in [6.45, 7) is 1.78. The van der Waals surface area contributed by atoms with Gasteiger partial charge < -0.3 is 15.1 Å². The Labute approximate surface area is 84.9 Å². The van der Waals surface area contributed by atoms with Crippen LogP contribution >= 0.6 is 11.3 Å². The second-order valence-corrected chi connectivity index (χ2v) is 3.95. The van der Waals surface area contributed by atoms with Crippen LogP contribution in [0.25, 0.3) is 0 Å². The predicted octanol–water partition coefficient (Wildman–Crippen LogP) is 0.897. The van der Waals surface area contributed by atoms with Gasteiger partial charge in [0.05, 0.1) is 17.6 Å². The number of carbonyl (C=O) groups is 1. The highest BCUT2D eigenvalue weighted by Crippen LogP contribution is 2.26. The first-order valence-corrected chi connectivity index (χ1v) is 4.68. The highest BCUT2D eigenvalue weighted by Gasteiger charge is 2.19. The average Bonchev–Trinajstić information content (AvgIpc) is 2.48. The van der Waals surface area contributed by atoms with Crippen molar-refractivity contribution in [1.82, 2.24) is 5.48 Å². The van der Waals surface area contributed by atoms with E-state index in [0.29, 0.717) is 4.88 Å². The fourth-order valence-corrected chi connectivity index (χ4v) is 2.01. The molecule has 6 heteroatoms. The van der Waals surface area contributed by atoms with E-state index in [4.69, 9.17) is 5.11 Å². The third-order valence-corrected chi connectivity index (χ3v) is 2.70. The van der Waals surface area contributed by atoms with Crippen LogP contribution in [0.1, 0.15) is 26.3 Å². The van der Waals surface area contributed by atoms with Gasteiger partial charge in [-0.2, -0.15) is 5.48 Å². The minimum atomic E-state index is -1.11. The van der Waals surface area contributed by atoms with Gasteiger partial charge in [-0.15, -0.1) is 11.3 Å². The van der Waals surface area contributed by atoms with Crippen LogP contribution in [0.2, 0.25) is 0 Å². The molecule has 0 saturated carbocycles. The molecule has 0 fully saturated rings. The van der Waals surface area contributed by atoms with E-state index >= 15 is 0 Å². The van der Waals surface area contributed by atoms with Gasteiger partial charge in [-0.25, -0.2) is 4.79 Å². The quantitative estimate of drug-likeness (QED) is 0.516. The van der Waals surface area contributed by atoms with Crippen LogP contribution in [-0.2, 0) is 4.84 Å². The number of aryl methyl sites for hydroxylation is 1. The molecule has 0 aromatic carbocycles. The third kappa shape index (κ3) is 2.30. The van der Waals surface area contributed by atoms with Gasteiger partial charge in [0.2, 0.25) is 0 Å². The lowest BCUT2D eigenvalue weighted by molar-refractivity contribution is -0.0307. The first-order valence-electron chi connectivity index (χ1n) is 3.86. The van der Waals surface area contributed by atoms with E-state index in [1.54, 1.807) is 6.92 Å². The lowest BCUT2D eigenvalue weighted by atomic mass is 10.2. The number of aliphatic hydroxyl groups is 1. The minimum Gasteiger partial charge on any atom is -0.478 e. The van der Waals surface area contributed by atoms with Gasteiger partial charge in [-0.3, -0.25) is 0 Å². The lowest BCUT2D eigenvalue weighted by Gasteiger charge is -2.09. The Kier molecular flexibility index (Phi) is 3.59. The van der Waals surface area contributed by atoms with Crippen LogP contribution in [0.4, 0.5) is 0 Å². The molecule has 1 rings (SSSR count). The largest absolute Gasteiger partial charge is 0.478 e. The zero-order valence-electron chi connectivity index (χ0n) is 7.77. The van der Waals surface area contributed by atoms with Crippen molar-refractivity contribution < 1.29 is 19.8 Å². The van der Waals surface area contributed by atoms with Crippen molar-refractivity contribution >= 4 is 17.3 Å². The van der Waals surface area contributed by atoms with E-state index in [1.165, 1.54) is 24.5 Å². The number of aromatic carboxylic acids is 1. The number of thiophene rings is 1. The number of rotatable bonds is 4. The standard InChI is InChI=1S/C8H11NO4S/c1-4-3-5(8(11)12)6(14-4)7(10)9-13-2/h3,7,9-10H,1-2H3,(H,11,12). The topological polar surface area (TPSA) is 78.8 Å². The Bertz CT molecular complexity index is 336. The SMILES string of the molecule is CONC(O)c1sc(C)cc1C(=O)O. The molecule has 78 valence electrons. The van der Waals surface area contributed by atoms with E-state index < -0.39 is 12.2 Å². The van der Waals surface area contributed by atoms with Crippen molar-refractivity contribution in [1.29, 1.82) is 0 Å². The zero-order valence-corrected chi connectivity index (χ0v) is 8.59. The summed E-state index contributed by atoms with van der Waals surface area (Å²) < 4.78 is 0. The summed E-state index contributed by atoms with van der Waals surface area (Å²) in [5.74, 6) is -1.05. The van der Waals surface area contributed by atoms with Crippen molar-refractivity contribution in [2.45, 2.75) is 13.2 Å². The van der Waals surface area contributed by atoms with Crippen molar-refractivity contribution in [3.05, 3.63) is 21.4 Å². The van der Waals surface area contributed by atoms with Gasteiger partial charge >= 0.3 is 5.97 Å². The molecule has 0 aliphatic heterocycles. The van der Waals surface area contributed by atoms with Gasteiger partial charge in [-0.05, 0) is 13.0 Å². The van der Waals surface area contributed by atoms with Crippen LogP contribution in [0.15, 0.2) is 6.07 Å². The van der Waals surface area contributed by atoms with Crippen molar-refractivity contribution in [3.63, 3.8) is 0 Å². The van der Waals surface area contributed by atoms with Crippen LogP contribution in [0.3, 0.4) is 0 Å². The molecule has 1 aromatic heterocycles. The normalized spacial score (nSPS) is 12.8. The predicted molar refractivity (Wildman–Crippen MR) is 51.1 cm³/mol. The molecule has 14 heavy (non-hydrogen) atoms. The first-order chi connectivity index (χ1) is 6.56. The molecule has 3 N–H and O–H groups in total. The summed E-state index contributed by atoms with van der Waals surface area (Å²) in [4.78, 5) is 16.5. The summed E-state index contributed by atoms with van der Waals surface area (Å²) in [5.41, 5.74) is 2.37. The fraction of sp³-hybridized carbons (Fsp3) is 0.375. The molecule has 1 aromatic rings. The summed E-state index contributed by atoms with van der Waals surface area (Å²) in [6, 6.07) is 1.52. The van der Waals surface area contributed by atoms with Gasteiger partial charge in [0.25, 0.3) is 0 Å². The van der Waals surface area contributed by atoms with Crippen LogP contribution in [0, 0.1) is 6.92 Å². The highest BCUT2D eigenvalue weighted by atomic mass is 32.1. The number of nitrogens with one attached hydrogen (secondary N) is 1. The number of aliphatic hydroxyl groups excluding tert-OH is 1. The second-order valence-electron chi connectivity index (χ2n) is 2.66. The maximum atomic E-state index is 10.8. The second kappa shape index (κ2) is 4.52. The molecule has 5 nitrogen and oxygen atoms in total. The van der Waals surface area contributed by atoms with E-state index in [0.717, 1.165) is 4.88 Å². The van der Waals surface area contributed by atoms with Crippen LogP contribution in [-0.4, -0.2) is 23.3 Å². The summed E-state index contributed by atoms with van der Waals surface area (Å²) >= 11 is 1.22. The number of carboxylic acids is 1. The van der Waals surface area contributed by atoms with Crippen molar-refractivity contribution in [3.8, 4) is 0 Å². The molecular formula is C8H11NO4S. The zero-order chi connectivity index (χ0) is 10.7. The molecular weight excluding hydrogens is 206 g/mol. The third-order valence-electron chi connectivity index (χ3n) is 1.59. The highest BCUT2D eigenvalue weighted by molar-refractivity contribution is 7.12. The maximum Gasteiger partial charge on any atom is 0.336 e. The van der Waals surface area contributed by atoms with Crippen molar-refractivity contribution in [2.75, 3.05) is 7.11 Å². The monoisotopic (exact) mass is 217 g/mol. The van der Waals surface area contributed by atoms with E-state index in [1.807, 2.05) is 0 Å². The Balaban J connectivity index is 3.00. The summed E-state index contributed by atoms with van der Waals surface area (Å²) in [5, 5.41) is 18.3. The van der Waals surface area contributed by atoms with E-state index in [-0.39, 0.29) is 5.56 Å². The molecule has 0 spiro atoms. The molecule has 0 aliphatic carbocycles. The van der Waals surface area contributed by atoms with E-state index in [9.17, 15) is 9.90 Å². The number of carboxylic acid groups (broad SMARTS) is 1.